The molecule has 1 aliphatic carbocycles. The number of rotatable bonds is 8. The standard InChI is InChI=1S/C19H35N3O3.ClH/c1-3-25-14-16-7-6-10-22(12-16)13-17-8-4-5-9-18(17)21-19(24)11-20-15(2)23;/h16-18H,3-14H2,1-2H3,(H,20,23)(H,21,24);1H/t16-,17-,18+;/m1./s1. The van der Waals surface area contributed by atoms with E-state index < -0.39 is 0 Å². The van der Waals surface area contributed by atoms with Crippen molar-refractivity contribution in [2.75, 3.05) is 39.4 Å². The van der Waals surface area contributed by atoms with Gasteiger partial charge in [-0.2, -0.15) is 0 Å². The number of piperidine rings is 1. The zero-order valence-electron chi connectivity index (χ0n) is 16.3. The van der Waals surface area contributed by atoms with E-state index in [9.17, 15) is 9.59 Å². The van der Waals surface area contributed by atoms with Crippen LogP contribution in [0.1, 0.15) is 52.4 Å². The first-order valence-electron chi connectivity index (χ1n) is 9.92. The maximum atomic E-state index is 12.1. The van der Waals surface area contributed by atoms with Crippen molar-refractivity contribution >= 4 is 24.2 Å². The summed E-state index contributed by atoms with van der Waals surface area (Å²) in [5, 5.41) is 5.74. The van der Waals surface area contributed by atoms with Crippen LogP contribution in [0, 0.1) is 11.8 Å². The largest absolute Gasteiger partial charge is 0.381 e. The van der Waals surface area contributed by atoms with E-state index in [1.807, 2.05) is 0 Å². The van der Waals surface area contributed by atoms with E-state index in [4.69, 9.17) is 4.74 Å². The first-order valence-corrected chi connectivity index (χ1v) is 9.92. The number of hydrogen-bond donors (Lipinski definition) is 2. The van der Waals surface area contributed by atoms with E-state index in [-0.39, 0.29) is 36.8 Å². The fourth-order valence-electron chi connectivity index (χ4n) is 4.15. The van der Waals surface area contributed by atoms with Crippen LogP contribution in [-0.2, 0) is 14.3 Å². The van der Waals surface area contributed by atoms with Crippen molar-refractivity contribution in [2.45, 2.75) is 58.4 Å². The second kappa shape index (κ2) is 12.5. The molecule has 2 fully saturated rings. The van der Waals surface area contributed by atoms with Crippen molar-refractivity contribution in [2.24, 2.45) is 11.8 Å². The lowest BCUT2D eigenvalue weighted by Gasteiger charge is -2.39. The van der Waals surface area contributed by atoms with Gasteiger partial charge in [0.15, 0.2) is 0 Å². The number of ether oxygens (including phenoxy) is 1. The van der Waals surface area contributed by atoms with Gasteiger partial charge in [-0.05, 0) is 51.0 Å². The zero-order valence-corrected chi connectivity index (χ0v) is 17.1. The third-order valence-corrected chi connectivity index (χ3v) is 5.41. The average Bonchev–Trinajstić information content (AvgIpc) is 2.60. The van der Waals surface area contributed by atoms with Crippen LogP contribution in [0.5, 0.6) is 0 Å². The zero-order chi connectivity index (χ0) is 18.1. The van der Waals surface area contributed by atoms with Gasteiger partial charge in [0, 0.05) is 32.7 Å². The Bertz CT molecular complexity index is 436. The number of carbonyl (C=O) groups excluding carboxylic acids is 2. The van der Waals surface area contributed by atoms with Gasteiger partial charge >= 0.3 is 0 Å². The molecule has 0 bridgehead atoms. The Morgan fingerprint density at radius 2 is 1.92 bits per heavy atom. The molecule has 0 aromatic rings. The minimum atomic E-state index is -0.163. The van der Waals surface area contributed by atoms with E-state index >= 15 is 0 Å². The summed E-state index contributed by atoms with van der Waals surface area (Å²) < 4.78 is 5.61. The Balaban J connectivity index is 0.00000338. The average molecular weight is 390 g/mol. The maximum absolute atomic E-state index is 12.1. The molecule has 0 unspecified atom stereocenters. The molecule has 1 heterocycles. The van der Waals surface area contributed by atoms with Gasteiger partial charge in [0.25, 0.3) is 0 Å². The molecule has 26 heavy (non-hydrogen) atoms. The highest BCUT2D eigenvalue weighted by molar-refractivity contribution is 5.85. The summed E-state index contributed by atoms with van der Waals surface area (Å²) in [6, 6.07) is 0.238. The predicted molar refractivity (Wildman–Crippen MR) is 105 cm³/mol. The van der Waals surface area contributed by atoms with Crippen molar-refractivity contribution in [3.63, 3.8) is 0 Å². The van der Waals surface area contributed by atoms with Gasteiger partial charge in [-0.25, -0.2) is 0 Å². The number of likely N-dealkylation sites (tertiary alicyclic amines) is 1. The minimum Gasteiger partial charge on any atom is -0.381 e. The minimum absolute atomic E-state index is 0. The van der Waals surface area contributed by atoms with Gasteiger partial charge in [-0.1, -0.05) is 12.8 Å². The van der Waals surface area contributed by atoms with Crippen LogP contribution in [0.2, 0.25) is 0 Å². The normalized spacial score (nSPS) is 26.6. The molecule has 1 saturated heterocycles. The van der Waals surface area contributed by atoms with Crippen LogP contribution >= 0.6 is 12.4 Å². The van der Waals surface area contributed by atoms with Crippen LogP contribution in [0.4, 0.5) is 0 Å². The van der Waals surface area contributed by atoms with Crippen LogP contribution in [0.3, 0.4) is 0 Å². The van der Waals surface area contributed by atoms with Gasteiger partial charge in [0.1, 0.15) is 0 Å². The van der Waals surface area contributed by atoms with Gasteiger partial charge in [-0.3, -0.25) is 9.59 Å². The number of hydrogen-bond acceptors (Lipinski definition) is 4. The molecule has 0 radical (unpaired) electrons. The second-order valence-corrected chi connectivity index (χ2v) is 7.56. The van der Waals surface area contributed by atoms with Gasteiger partial charge in [0.2, 0.25) is 11.8 Å². The SMILES string of the molecule is CCOC[C@@H]1CCCN(C[C@H]2CCCC[C@@H]2NC(=O)CNC(C)=O)C1.Cl. The maximum Gasteiger partial charge on any atom is 0.239 e. The Kier molecular flexibility index (Phi) is 11.2. The number of halogens is 1. The fourth-order valence-corrected chi connectivity index (χ4v) is 4.15. The summed E-state index contributed by atoms with van der Waals surface area (Å²) in [6.45, 7) is 8.57. The molecule has 1 aliphatic heterocycles. The summed E-state index contributed by atoms with van der Waals surface area (Å²) >= 11 is 0. The van der Waals surface area contributed by atoms with Gasteiger partial charge in [0.05, 0.1) is 13.2 Å². The molecule has 0 spiro atoms. The smallest absolute Gasteiger partial charge is 0.239 e. The van der Waals surface area contributed by atoms with Crippen molar-refractivity contribution < 1.29 is 14.3 Å². The molecule has 2 amide bonds. The van der Waals surface area contributed by atoms with Crippen molar-refractivity contribution in [3.8, 4) is 0 Å². The van der Waals surface area contributed by atoms with Crippen LogP contribution in [0.25, 0.3) is 0 Å². The van der Waals surface area contributed by atoms with Gasteiger partial charge < -0.3 is 20.3 Å². The second-order valence-electron chi connectivity index (χ2n) is 7.56. The van der Waals surface area contributed by atoms with E-state index in [0.29, 0.717) is 11.8 Å². The molecule has 1 saturated carbocycles. The number of nitrogens with one attached hydrogen (secondary N) is 2. The molecule has 7 heteroatoms. The Morgan fingerprint density at radius 3 is 2.65 bits per heavy atom. The van der Waals surface area contributed by atoms with Crippen molar-refractivity contribution in [1.29, 1.82) is 0 Å². The lowest BCUT2D eigenvalue weighted by Crippen LogP contribution is -2.50. The molecule has 2 aliphatic rings. The Hall–Kier alpha value is -0.850. The quantitative estimate of drug-likeness (QED) is 0.665. The number of nitrogens with zero attached hydrogens (tertiary/aromatic N) is 1. The molecule has 0 aromatic heterocycles. The van der Waals surface area contributed by atoms with Crippen molar-refractivity contribution in [1.82, 2.24) is 15.5 Å². The summed E-state index contributed by atoms with van der Waals surface area (Å²) in [5.74, 6) is 0.926. The highest BCUT2D eigenvalue weighted by Crippen LogP contribution is 2.27. The lowest BCUT2D eigenvalue weighted by molar-refractivity contribution is -0.125. The first-order chi connectivity index (χ1) is 12.1. The third kappa shape index (κ3) is 8.23. The highest BCUT2D eigenvalue weighted by atomic mass is 35.5. The Labute approximate surface area is 164 Å². The molecule has 6 nitrogen and oxygen atoms in total. The summed E-state index contributed by atoms with van der Waals surface area (Å²) in [5.41, 5.74) is 0. The summed E-state index contributed by atoms with van der Waals surface area (Å²) in [6.07, 6.45) is 7.15. The molecular weight excluding hydrogens is 354 g/mol. The topological polar surface area (TPSA) is 70.7 Å². The van der Waals surface area contributed by atoms with E-state index in [0.717, 1.165) is 39.3 Å². The number of carbonyl (C=O) groups is 2. The molecule has 0 aromatic carbocycles. The summed E-state index contributed by atoms with van der Waals surface area (Å²) in [7, 11) is 0. The van der Waals surface area contributed by atoms with Crippen molar-refractivity contribution in [3.05, 3.63) is 0 Å². The van der Waals surface area contributed by atoms with E-state index in [1.165, 1.54) is 39.0 Å². The Morgan fingerprint density at radius 1 is 1.15 bits per heavy atom. The fraction of sp³-hybridized carbons (Fsp3) is 0.895. The molecule has 3 atom stereocenters. The monoisotopic (exact) mass is 389 g/mol. The summed E-state index contributed by atoms with van der Waals surface area (Å²) in [4.78, 5) is 25.6. The molecule has 2 N–H and O–H groups in total. The van der Waals surface area contributed by atoms with Crippen LogP contribution < -0.4 is 10.6 Å². The number of amides is 2. The first kappa shape index (κ1) is 23.2. The van der Waals surface area contributed by atoms with Crippen LogP contribution in [0.15, 0.2) is 0 Å². The van der Waals surface area contributed by atoms with Crippen LogP contribution in [-0.4, -0.2) is 62.1 Å². The predicted octanol–water partition coefficient (Wildman–Crippen LogP) is 1.97. The van der Waals surface area contributed by atoms with E-state index in [1.54, 1.807) is 0 Å². The molecule has 2 rings (SSSR count). The van der Waals surface area contributed by atoms with E-state index in [2.05, 4.69) is 22.5 Å². The lowest BCUT2D eigenvalue weighted by atomic mass is 9.83. The highest BCUT2D eigenvalue weighted by Gasteiger charge is 2.30. The molecular formula is C19H36ClN3O3. The van der Waals surface area contributed by atoms with Gasteiger partial charge in [-0.15, -0.1) is 12.4 Å². The molecule has 152 valence electrons. The third-order valence-electron chi connectivity index (χ3n) is 5.41.